The number of fused-ring (bicyclic) bond motifs is 1. The van der Waals surface area contributed by atoms with Gasteiger partial charge in [0.25, 0.3) is 0 Å². The van der Waals surface area contributed by atoms with Crippen LogP contribution in [0.25, 0.3) is 11.4 Å². The van der Waals surface area contributed by atoms with Gasteiger partial charge in [0.15, 0.2) is 22.5 Å². The molecule has 5 rings (SSSR count). The monoisotopic (exact) mass is 459 g/mol. The van der Waals surface area contributed by atoms with Crippen LogP contribution in [0.15, 0.2) is 78.2 Å². The van der Waals surface area contributed by atoms with Crippen LogP contribution >= 0.6 is 11.8 Å². The van der Waals surface area contributed by atoms with Crippen LogP contribution < -0.4 is 14.8 Å². The molecule has 0 aliphatic carbocycles. The molecule has 1 N–H and O–H groups in total. The number of nitrogens with one attached hydrogen (secondary N) is 1. The largest absolute Gasteiger partial charge is 0.454 e. The van der Waals surface area contributed by atoms with E-state index in [4.69, 9.17) is 9.47 Å². The van der Waals surface area contributed by atoms with Crippen LogP contribution in [0.5, 0.6) is 11.5 Å². The average molecular weight is 460 g/mol. The van der Waals surface area contributed by atoms with Gasteiger partial charge in [-0.2, -0.15) is 0 Å². The van der Waals surface area contributed by atoms with Gasteiger partial charge < -0.3 is 14.8 Å². The number of carbonyl (C=O) groups excluding carboxylic acids is 1. The molecule has 8 nitrogen and oxygen atoms in total. The zero-order valence-corrected chi connectivity index (χ0v) is 18.7. The summed E-state index contributed by atoms with van der Waals surface area (Å²) in [6.07, 6.45) is 3.45. The highest BCUT2D eigenvalue weighted by atomic mass is 32.2. The minimum Gasteiger partial charge on any atom is -0.454 e. The van der Waals surface area contributed by atoms with Gasteiger partial charge in [-0.1, -0.05) is 42.1 Å². The molecule has 1 amide bonds. The number of nitrogens with zero attached hydrogens (tertiary/aromatic N) is 4. The van der Waals surface area contributed by atoms with Crippen molar-refractivity contribution in [3.05, 3.63) is 78.6 Å². The average Bonchev–Trinajstić information content (AvgIpc) is 3.47. The first-order valence-electron chi connectivity index (χ1n) is 10.4. The highest BCUT2D eigenvalue weighted by molar-refractivity contribution is 8.00. The van der Waals surface area contributed by atoms with Crippen molar-refractivity contribution in [3.8, 4) is 22.9 Å². The molecule has 1 aliphatic rings. The van der Waals surface area contributed by atoms with Crippen molar-refractivity contribution < 1.29 is 14.3 Å². The topological polar surface area (TPSA) is 91.2 Å². The van der Waals surface area contributed by atoms with Crippen molar-refractivity contribution in [2.45, 2.75) is 23.9 Å². The summed E-state index contributed by atoms with van der Waals surface area (Å²) in [6, 6.07) is 19.2. The van der Waals surface area contributed by atoms with Crippen LogP contribution in [0.3, 0.4) is 0 Å². The Morgan fingerprint density at radius 3 is 2.67 bits per heavy atom. The van der Waals surface area contributed by atoms with E-state index in [9.17, 15) is 4.79 Å². The molecule has 2 aromatic carbocycles. The predicted octanol–water partition coefficient (Wildman–Crippen LogP) is 4.24. The Bertz CT molecular complexity index is 1260. The van der Waals surface area contributed by atoms with Crippen LogP contribution in [0.4, 0.5) is 5.69 Å². The maximum atomic E-state index is 12.9. The number of thioether (sulfide) groups is 1. The van der Waals surface area contributed by atoms with Crippen molar-refractivity contribution in [3.63, 3.8) is 0 Å². The summed E-state index contributed by atoms with van der Waals surface area (Å²) in [4.78, 5) is 17.0. The quantitative estimate of drug-likeness (QED) is 0.414. The molecular weight excluding hydrogens is 438 g/mol. The SMILES string of the molecule is C[C@H](Sc1nnc(-c2ccncc2)n1Cc1ccccc1)C(=O)Nc1ccc2c(c1)OCO2. The third-order valence-corrected chi connectivity index (χ3v) is 6.21. The lowest BCUT2D eigenvalue weighted by Crippen LogP contribution is -2.23. The standard InChI is InChI=1S/C24H21N5O3S/c1-16(23(30)26-19-7-8-20-21(13-19)32-15-31-20)33-24-28-27-22(18-9-11-25-12-10-18)29(24)14-17-5-3-2-4-6-17/h2-13,16H,14-15H2,1H3,(H,26,30)/t16-/m0/s1. The van der Waals surface area contributed by atoms with E-state index in [0.29, 0.717) is 28.9 Å². The predicted molar refractivity (Wildman–Crippen MR) is 125 cm³/mol. The molecule has 33 heavy (non-hydrogen) atoms. The van der Waals surface area contributed by atoms with E-state index >= 15 is 0 Å². The number of ether oxygens (including phenoxy) is 2. The van der Waals surface area contributed by atoms with E-state index in [1.807, 2.05) is 41.8 Å². The zero-order valence-electron chi connectivity index (χ0n) is 17.8. The maximum Gasteiger partial charge on any atom is 0.237 e. The molecule has 4 aromatic rings. The Hall–Kier alpha value is -3.85. The second-order valence-corrected chi connectivity index (χ2v) is 8.74. The third kappa shape index (κ3) is 4.68. The van der Waals surface area contributed by atoms with Crippen LogP contribution in [-0.2, 0) is 11.3 Å². The number of hydrogen-bond donors (Lipinski definition) is 1. The Labute approximate surface area is 195 Å². The number of anilines is 1. The summed E-state index contributed by atoms with van der Waals surface area (Å²) in [5.41, 5.74) is 2.68. The molecule has 0 saturated carbocycles. The van der Waals surface area contributed by atoms with Gasteiger partial charge in [-0.3, -0.25) is 14.3 Å². The van der Waals surface area contributed by atoms with Crippen LogP contribution in [-0.4, -0.2) is 37.7 Å². The Morgan fingerprint density at radius 2 is 1.85 bits per heavy atom. The van der Waals surface area contributed by atoms with Gasteiger partial charge in [-0.25, -0.2) is 0 Å². The summed E-state index contributed by atoms with van der Waals surface area (Å²) >= 11 is 1.36. The van der Waals surface area contributed by atoms with Crippen molar-refractivity contribution in [2.75, 3.05) is 12.1 Å². The number of aromatic nitrogens is 4. The maximum absolute atomic E-state index is 12.9. The number of amides is 1. The fraction of sp³-hybridized carbons (Fsp3) is 0.167. The number of pyridine rings is 1. The summed E-state index contributed by atoms with van der Waals surface area (Å²) < 4.78 is 12.7. The van der Waals surface area contributed by atoms with Crippen molar-refractivity contribution in [2.24, 2.45) is 0 Å². The molecule has 0 radical (unpaired) electrons. The lowest BCUT2D eigenvalue weighted by Gasteiger charge is -2.14. The van der Waals surface area contributed by atoms with Gasteiger partial charge in [-0.15, -0.1) is 10.2 Å². The van der Waals surface area contributed by atoms with Gasteiger partial charge in [0.2, 0.25) is 12.7 Å². The number of hydrogen-bond acceptors (Lipinski definition) is 7. The van der Waals surface area contributed by atoms with Gasteiger partial charge in [0.1, 0.15) is 0 Å². The van der Waals surface area contributed by atoms with E-state index in [1.165, 1.54) is 11.8 Å². The summed E-state index contributed by atoms with van der Waals surface area (Å²) in [6.45, 7) is 2.63. The minimum atomic E-state index is -0.403. The molecule has 0 bridgehead atoms. The van der Waals surface area contributed by atoms with Crippen LogP contribution in [0.1, 0.15) is 12.5 Å². The highest BCUT2D eigenvalue weighted by Crippen LogP contribution is 2.34. The second kappa shape index (κ2) is 9.33. The second-order valence-electron chi connectivity index (χ2n) is 7.43. The van der Waals surface area contributed by atoms with E-state index < -0.39 is 5.25 Å². The Kier molecular flexibility index (Phi) is 5.95. The Balaban J connectivity index is 1.36. The van der Waals surface area contributed by atoms with E-state index in [2.05, 4.69) is 32.6 Å². The lowest BCUT2D eigenvalue weighted by atomic mass is 10.2. The molecule has 1 aliphatic heterocycles. The molecule has 1 atom stereocenters. The van der Waals surface area contributed by atoms with Gasteiger partial charge >= 0.3 is 0 Å². The summed E-state index contributed by atoms with van der Waals surface area (Å²) in [5, 5.41) is 12.0. The molecule has 0 unspecified atom stereocenters. The molecule has 9 heteroatoms. The summed E-state index contributed by atoms with van der Waals surface area (Å²) in [7, 11) is 0. The fourth-order valence-electron chi connectivity index (χ4n) is 3.43. The van der Waals surface area contributed by atoms with Crippen molar-refractivity contribution in [1.82, 2.24) is 19.7 Å². The number of rotatable bonds is 7. The van der Waals surface area contributed by atoms with E-state index in [-0.39, 0.29) is 12.7 Å². The van der Waals surface area contributed by atoms with E-state index in [0.717, 1.165) is 17.0 Å². The third-order valence-electron chi connectivity index (χ3n) is 5.13. The molecule has 166 valence electrons. The highest BCUT2D eigenvalue weighted by Gasteiger charge is 2.22. The molecule has 3 heterocycles. The zero-order chi connectivity index (χ0) is 22.6. The van der Waals surface area contributed by atoms with E-state index in [1.54, 1.807) is 30.6 Å². The molecule has 0 saturated heterocycles. The normalized spacial score (nSPS) is 13.0. The van der Waals surface area contributed by atoms with Gasteiger partial charge in [0, 0.05) is 29.7 Å². The minimum absolute atomic E-state index is 0.140. The summed E-state index contributed by atoms with van der Waals surface area (Å²) in [5.74, 6) is 1.89. The number of benzene rings is 2. The molecular formula is C24H21N5O3S. The van der Waals surface area contributed by atoms with Gasteiger partial charge in [0.05, 0.1) is 11.8 Å². The smallest absolute Gasteiger partial charge is 0.237 e. The van der Waals surface area contributed by atoms with Crippen LogP contribution in [0, 0.1) is 0 Å². The molecule has 0 spiro atoms. The first kappa shape index (κ1) is 21.0. The van der Waals surface area contributed by atoms with Crippen molar-refractivity contribution >= 4 is 23.4 Å². The molecule has 0 fully saturated rings. The van der Waals surface area contributed by atoms with Crippen LogP contribution in [0.2, 0.25) is 0 Å². The fourth-order valence-corrected chi connectivity index (χ4v) is 4.28. The van der Waals surface area contributed by atoms with Crippen molar-refractivity contribution in [1.29, 1.82) is 0 Å². The van der Waals surface area contributed by atoms with Gasteiger partial charge in [-0.05, 0) is 36.8 Å². The number of carbonyl (C=O) groups is 1. The Morgan fingerprint density at radius 1 is 1.06 bits per heavy atom. The molecule has 2 aromatic heterocycles. The first-order chi connectivity index (χ1) is 16.2. The lowest BCUT2D eigenvalue weighted by molar-refractivity contribution is -0.115. The first-order valence-corrected chi connectivity index (χ1v) is 11.3.